The van der Waals surface area contributed by atoms with Gasteiger partial charge in [0.1, 0.15) is 11.5 Å². The van der Waals surface area contributed by atoms with Crippen molar-refractivity contribution in [2.45, 2.75) is 38.7 Å². The summed E-state index contributed by atoms with van der Waals surface area (Å²) >= 11 is 0. The Balaban J connectivity index is 0.00000480. The molecule has 1 aliphatic rings. The van der Waals surface area contributed by atoms with Gasteiger partial charge in [0.05, 0.1) is 32.3 Å². The highest BCUT2D eigenvalue weighted by atomic mass is 127. The summed E-state index contributed by atoms with van der Waals surface area (Å²) in [5.41, 5.74) is 0.259. The van der Waals surface area contributed by atoms with E-state index in [-0.39, 0.29) is 36.4 Å². The van der Waals surface area contributed by atoms with Gasteiger partial charge in [-0.3, -0.25) is 9.79 Å². The molecular weight excluding hydrogens is 511 g/mol. The van der Waals surface area contributed by atoms with Crippen LogP contribution in [0.1, 0.15) is 44.3 Å². The molecule has 0 saturated heterocycles. The molecule has 0 aromatic heterocycles. The Morgan fingerprint density at radius 1 is 1.16 bits per heavy atom. The van der Waals surface area contributed by atoms with Gasteiger partial charge in [0, 0.05) is 33.3 Å². The van der Waals surface area contributed by atoms with Crippen LogP contribution in [0.3, 0.4) is 0 Å². The number of benzene rings is 1. The Morgan fingerprint density at radius 2 is 1.74 bits per heavy atom. The van der Waals surface area contributed by atoms with Crippen molar-refractivity contribution in [2.75, 3.05) is 47.9 Å². The predicted molar refractivity (Wildman–Crippen MR) is 133 cm³/mol. The van der Waals surface area contributed by atoms with Gasteiger partial charge >= 0.3 is 0 Å². The molecule has 3 N–H and O–H groups in total. The van der Waals surface area contributed by atoms with Crippen molar-refractivity contribution in [1.82, 2.24) is 15.5 Å². The van der Waals surface area contributed by atoms with Crippen LogP contribution in [0.5, 0.6) is 11.5 Å². The van der Waals surface area contributed by atoms with Gasteiger partial charge in [-0.15, -0.1) is 24.0 Å². The van der Waals surface area contributed by atoms with Gasteiger partial charge in [-0.2, -0.15) is 0 Å². The number of hydrogen-bond donors (Lipinski definition) is 3. The molecule has 0 aliphatic heterocycles. The minimum absolute atomic E-state index is 0. The molecule has 1 aliphatic carbocycles. The fourth-order valence-corrected chi connectivity index (χ4v) is 3.87. The molecule has 0 spiro atoms. The van der Waals surface area contributed by atoms with Gasteiger partial charge in [-0.05, 0) is 37.5 Å². The molecule has 2 rings (SSSR count). The van der Waals surface area contributed by atoms with Gasteiger partial charge < -0.3 is 30.1 Å². The number of guanidine groups is 1. The SMILES string of the molecule is CCNC(=NCC1(C(=O)N(C)C)CCCC1)NCC(O)c1cc(OC)cc(OC)c1.I. The number of amides is 1. The second-order valence-corrected chi connectivity index (χ2v) is 7.92. The first-order valence-corrected chi connectivity index (χ1v) is 10.5. The molecule has 1 saturated carbocycles. The van der Waals surface area contributed by atoms with Gasteiger partial charge in [0.25, 0.3) is 0 Å². The summed E-state index contributed by atoms with van der Waals surface area (Å²) in [7, 11) is 6.75. The number of halogens is 1. The van der Waals surface area contributed by atoms with E-state index in [1.807, 2.05) is 6.92 Å². The topological polar surface area (TPSA) is 95.4 Å². The zero-order chi connectivity index (χ0) is 22.1. The smallest absolute Gasteiger partial charge is 0.230 e. The minimum Gasteiger partial charge on any atom is -0.497 e. The number of ether oxygens (including phenoxy) is 2. The predicted octanol–water partition coefficient (Wildman–Crippen LogP) is 2.56. The van der Waals surface area contributed by atoms with Crippen molar-refractivity contribution in [3.05, 3.63) is 23.8 Å². The van der Waals surface area contributed by atoms with Gasteiger partial charge in [-0.1, -0.05) is 12.8 Å². The van der Waals surface area contributed by atoms with Gasteiger partial charge in [0.2, 0.25) is 5.91 Å². The molecule has 0 heterocycles. The number of aliphatic hydroxyl groups is 1. The van der Waals surface area contributed by atoms with Crippen LogP contribution in [0, 0.1) is 5.41 Å². The van der Waals surface area contributed by atoms with E-state index >= 15 is 0 Å². The van der Waals surface area contributed by atoms with E-state index in [2.05, 4.69) is 10.6 Å². The number of aliphatic hydroxyl groups excluding tert-OH is 1. The number of nitrogens with zero attached hydrogens (tertiary/aromatic N) is 2. The molecule has 1 aromatic rings. The number of hydrogen-bond acceptors (Lipinski definition) is 5. The van der Waals surface area contributed by atoms with Crippen LogP contribution in [0.2, 0.25) is 0 Å². The summed E-state index contributed by atoms with van der Waals surface area (Å²) in [6.07, 6.45) is 3.05. The fourth-order valence-electron chi connectivity index (χ4n) is 3.87. The molecule has 0 radical (unpaired) electrons. The number of methoxy groups -OCH3 is 2. The van der Waals surface area contributed by atoms with Gasteiger partial charge in [0.15, 0.2) is 5.96 Å². The largest absolute Gasteiger partial charge is 0.497 e. The third-order valence-corrected chi connectivity index (χ3v) is 5.53. The Bertz CT molecular complexity index is 714. The van der Waals surface area contributed by atoms with Crippen molar-refractivity contribution < 1.29 is 19.4 Å². The molecule has 0 bridgehead atoms. The number of nitrogens with one attached hydrogen (secondary N) is 2. The summed E-state index contributed by atoms with van der Waals surface area (Å²) in [5.74, 6) is 1.97. The zero-order valence-electron chi connectivity index (χ0n) is 19.2. The van der Waals surface area contributed by atoms with E-state index in [4.69, 9.17) is 14.5 Å². The van der Waals surface area contributed by atoms with Crippen LogP contribution in [-0.4, -0.2) is 69.8 Å². The lowest BCUT2D eigenvalue weighted by Gasteiger charge is -2.29. The highest BCUT2D eigenvalue weighted by molar-refractivity contribution is 14.0. The van der Waals surface area contributed by atoms with E-state index in [0.29, 0.717) is 36.1 Å². The third-order valence-electron chi connectivity index (χ3n) is 5.53. The minimum atomic E-state index is -0.776. The third kappa shape index (κ3) is 7.41. The standard InChI is InChI=1S/C22H36N4O4.HI/c1-6-23-21(25-15-22(9-7-8-10-22)20(28)26(2)3)24-14-19(27)16-11-17(29-4)13-18(12-16)30-5;/h11-13,19,27H,6-10,14-15H2,1-5H3,(H2,23,24,25);1H. The Hall–Kier alpha value is -1.75. The maximum absolute atomic E-state index is 12.8. The summed E-state index contributed by atoms with van der Waals surface area (Å²) in [6.45, 7) is 3.36. The average molecular weight is 548 g/mol. The number of rotatable bonds is 9. The normalized spacial score (nSPS) is 16.1. The molecule has 8 nitrogen and oxygen atoms in total. The van der Waals surface area contributed by atoms with Gasteiger partial charge in [-0.25, -0.2) is 0 Å². The number of carbonyl (C=O) groups excluding carboxylic acids is 1. The first-order valence-electron chi connectivity index (χ1n) is 10.5. The molecule has 176 valence electrons. The first kappa shape index (κ1) is 27.3. The molecule has 1 unspecified atom stereocenters. The second kappa shape index (κ2) is 12.9. The van der Waals surface area contributed by atoms with Crippen LogP contribution < -0.4 is 20.1 Å². The maximum Gasteiger partial charge on any atom is 0.230 e. The van der Waals surface area contributed by atoms with Crippen molar-refractivity contribution >= 4 is 35.8 Å². The summed E-state index contributed by atoms with van der Waals surface area (Å²) in [4.78, 5) is 19.1. The first-order chi connectivity index (χ1) is 14.3. The maximum atomic E-state index is 12.8. The fraction of sp³-hybridized carbons (Fsp3) is 0.636. The lowest BCUT2D eigenvalue weighted by Crippen LogP contribution is -2.43. The van der Waals surface area contributed by atoms with E-state index in [9.17, 15) is 9.90 Å². The van der Waals surface area contributed by atoms with Crippen LogP contribution in [-0.2, 0) is 4.79 Å². The van der Waals surface area contributed by atoms with Crippen molar-refractivity contribution in [2.24, 2.45) is 10.4 Å². The van der Waals surface area contributed by atoms with E-state index in [1.54, 1.807) is 51.4 Å². The second-order valence-electron chi connectivity index (χ2n) is 7.92. The van der Waals surface area contributed by atoms with Crippen LogP contribution in [0.15, 0.2) is 23.2 Å². The Labute approximate surface area is 202 Å². The van der Waals surface area contributed by atoms with Crippen molar-refractivity contribution in [3.8, 4) is 11.5 Å². The number of aliphatic imine (C=N–C) groups is 1. The lowest BCUT2D eigenvalue weighted by molar-refractivity contribution is -0.138. The van der Waals surface area contributed by atoms with E-state index in [1.165, 1.54) is 0 Å². The zero-order valence-corrected chi connectivity index (χ0v) is 21.6. The van der Waals surface area contributed by atoms with Crippen LogP contribution in [0.4, 0.5) is 0 Å². The molecule has 1 fully saturated rings. The molecular formula is C22H37IN4O4. The molecule has 31 heavy (non-hydrogen) atoms. The number of carbonyl (C=O) groups is 1. The average Bonchev–Trinajstić information content (AvgIpc) is 3.24. The van der Waals surface area contributed by atoms with Crippen LogP contribution >= 0.6 is 24.0 Å². The summed E-state index contributed by atoms with van der Waals surface area (Å²) in [6, 6.07) is 5.32. The Morgan fingerprint density at radius 3 is 2.23 bits per heavy atom. The monoisotopic (exact) mass is 548 g/mol. The molecule has 9 heteroatoms. The summed E-state index contributed by atoms with van der Waals surface area (Å²) in [5, 5.41) is 17.0. The van der Waals surface area contributed by atoms with Crippen LogP contribution in [0.25, 0.3) is 0 Å². The molecule has 1 atom stereocenters. The summed E-state index contributed by atoms with van der Waals surface area (Å²) < 4.78 is 10.6. The Kier molecular flexibility index (Phi) is 11.4. The van der Waals surface area contributed by atoms with E-state index < -0.39 is 11.5 Å². The molecule has 1 aromatic carbocycles. The molecule has 1 amide bonds. The van der Waals surface area contributed by atoms with Crippen molar-refractivity contribution in [3.63, 3.8) is 0 Å². The highest BCUT2D eigenvalue weighted by Gasteiger charge is 2.42. The quantitative estimate of drug-likeness (QED) is 0.250. The lowest BCUT2D eigenvalue weighted by atomic mass is 9.85. The highest BCUT2D eigenvalue weighted by Crippen LogP contribution is 2.39. The van der Waals surface area contributed by atoms with Crippen molar-refractivity contribution in [1.29, 1.82) is 0 Å². The van der Waals surface area contributed by atoms with E-state index in [0.717, 1.165) is 25.7 Å².